The van der Waals surface area contributed by atoms with Crippen LogP contribution in [0.15, 0.2) is 12.8 Å². The average molecular weight is 152 g/mol. The van der Waals surface area contributed by atoms with Gasteiger partial charge >= 0.3 is 0 Å². The Morgan fingerprint density at radius 2 is 2.00 bits per heavy atom. The summed E-state index contributed by atoms with van der Waals surface area (Å²) in [6, 6.07) is 0. The summed E-state index contributed by atoms with van der Waals surface area (Å²) in [5.74, 6) is 0. The highest BCUT2D eigenvalue weighted by molar-refractivity contribution is 4.78. The molecule has 1 saturated heterocycles. The molecule has 1 rings (SSSR count). The van der Waals surface area contributed by atoms with Crippen molar-refractivity contribution in [2.24, 2.45) is 0 Å². The Kier molecular flexibility index (Phi) is 2.75. The maximum Gasteiger partial charge on any atom is 0.192 e. The zero-order valence-electron chi connectivity index (χ0n) is 6.45. The summed E-state index contributed by atoms with van der Waals surface area (Å²) in [7, 11) is 0. The van der Waals surface area contributed by atoms with Crippen molar-refractivity contribution < 1.29 is 0 Å². The van der Waals surface area contributed by atoms with Crippen molar-refractivity contribution in [3.05, 3.63) is 12.8 Å². The van der Waals surface area contributed by atoms with Gasteiger partial charge in [0.1, 0.15) is 0 Å². The molecule has 4 nitrogen and oxygen atoms in total. The van der Waals surface area contributed by atoms with E-state index in [1.165, 1.54) is 0 Å². The van der Waals surface area contributed by atoms with Crippen LogP contribution in [0.1, 0.15) is 0 Å². The Morgan fingerprint density at radius 3 is 2.45 bits per heavy atom. The summed E-state index contributed by atoms with van der Waals surface area (Å²) in [6.45, 7) is 7.31. The predicted molar refractivity (Wildman–Crippen MR) is 42.1 cm³/mol. The van der Waals surface area contributed by atoms with Gasteiger partial charge in [0.25, 0.3) is 0 Å². The standard InChI is InChI=1S/C7H12N4/c1-2-10-3-5-11(6-4-10)9-7-8/h2,9H,1,3-6H2. The van der Waals surface area contributed by atoms with Gasteiger partial charge in [0.15, 0.2) is 6.19 Å². The summed E-state index contributed by atoms with van der Waals surface area (Å²) >= 11 is 0. The van der Waals surface area contributed by atoms with Gasteiger partial charge in [-0.1, -0.05) is 6.58 Å². The fraction of sp³-hybridized carbons (Fsp3) is 0.571. The Hall–Kier alpha value is -1.21. The molecule has 0 aromatic rings. The normalized spacial score (nSPS) is 19.0. The van der Waals surface area contributed by atoms with E-state index >= 15 is 0 Å². The third kappa shape index (κ3) is 2.13. The lowest BCUT2D eigenvalue weighted by Gasteiger charge is -2.32. The van der Waals surface area contributed by atoms with Crippen molar-refractivity contribution in [3.8, 4) is 6.19 Å². The second-order valence-corrected chi connectivity index (χ2v) is 2.43. The first kappa shape index (κ1) is 7.89. The summed E-state index contributed by atoms with van der Waals surface area (Å²) in [5, 5.41) is 10.2. The van der Waals surface area contributed by atoms with E-state index in [2.05, 4.69) is 16.9 Å². The van der Waals surface area contributed by atoms with E-state index in [-0.39, 0.29) is 0 Å². The van der Waals surface area contributed by atoms with Gasteiger partial charge in [-0.2, -0.15) is 5.26 Å². The summed E-state index contributed by atoms with van der Waals surface area (Å²) < 4.78 is 0. The molecule has 0 aliphatic carbocycles. The topological polar surface area (TPSA) is 42.3 Å². The first-order valence-corrected chi connectivity index (χ1v) is 3.63. The van der Waals surface area contributed by atoms with Crippen LogP contribution >= 0.6 is 0 Å². The van der Waals surface area contributed by atoms with Gasteiger partial charge in [-0.3, -0.25) is 5.43 Å². The van der Waals surface area contributed by atoms with Gasteiger partial charge in [0, 0.05) is 26.2 Å². The predicted octanol–water partition coefficient (Wildman–Crippen LogP) is -0.267. The first-order chi connectivity index (χ1) is 5.36. The van der Waals surface area contributed by atoms with Crippen molar-refractivity contribution in [3.63, 3.8) is 0 Å². The molecule has 0 bridgehead atoms. The fourth-order valence-corrected chi connectivity index (χ4v) is 1.09. The lowest BCUT2D eigenvalue weighted by atomic mass is 10.4. The van der Waals surface area contributed by atoms with E-state index in [1.54, 1.807) is 0 Å². The molecule has 1 heterocycles. The molecular formula is C7H12N4. The molecule has 0 aromatic carbocycles. The SMILES string of the molecule is C=CN1CCN(NC#N)CC1. The van der Waals surface area contributed by atoms with Crippen molar-refractivity contribution in [2.45, 2.75) is 0 Å². The molecule has 0 amide bonds. The van der Waals surface area contributed by atoms with E-state index in [4.69, 9.17) is 5.26 Å². The molecule has 0 saturated carbocycles. The maximum atomic E-state index is 8.31. The number of nitriles is 1. The van der Waals surface area contributed by atoms with Crippen LogP contribution in [-0.4, -0.2) is 36.1 Å². The fourth-order valence-electron chi connectivity index (χ4n) is 1.09. The van der Waals surface area contributed by atoms with Crippen molar-refractivity contribution in [1.82, 2.24) is 15.3 Å². The number of rotatable bonds is 2. The van der Waals surface area contributed by atoms with Gasteiger partial charge in [-0.15, -0.1) is 0 Å². The minimum Gasteiger partial charge on any atom is -0.375 e. The second kappa shape index (κ2) is 3.84. The van der Waals surface area contributed by atoms with Crippen LogP contribution < -0.4 is 5.43 Å². The van der Waals surface area contributed by atoms with E-state index < -0.39 is 0 Å². The lowest BCUT2D eigenvalue weighted by molar-refractivity contribution is 0.138. The maximum absolute atomic E-state index is 8.31. The molecule has 0 radical (unpaired) electrons. The highest BCUT2D eigenvalue weighted by atomic mass is 15.5. The van der Waals surface area contributed by atoms with Gasteiger partial charge in [-0.25, -0.2) is 5.01 Å². The summed E-state index contributed by atoms with van der Waals surface area (Å²) in [4.78, 5) is 2.13. The Morgan fingerprint density at radius 1 is 1.36 bits per heavy atom. The third-order valence-corrected chi connectivity index (χ3v) is 1.78. The Labute approximate surface area is 66.7 Å². The molecule has 0 spiro atoms. The number of piperazine rings is 1. The summed E-state index contributed by atoms with van der Waals surface area (Å²) in [5.41, 5.74) is 2.61. The smallest absolute Gasteiger partial charge is 0.192 e. The zero-order chi connectivity index (χ0) is 8.10. The van der Waals surface area contributed by atoms with Crippen LogP contribution in [0.25, 0.3) is 0 Å². The molecule has 0 atom stereocenters. The van der Waals surface area contributed by atoms with Crippen molar-refractivity contribution >= 4 is 0 Å². The Balaban J connectivity index is 2.25. The molecule has 1 fully saturated rings. The van der Waals surface area contributed by atoms with Crippen LogP contribution in [0.4, 0.5) is 0 Å². The van der Waals surface area contributed by atoms with Crippen LogP contribution in [0.5, 0.6) is 0 Å². The molecule has 1 aliphatic heterocycles. The molecule has 1 aliphatic rings. The van der Waals surface area contributed by atoms with Crippen molar-refractivity contribution in [2.75, 3.05) is 26.2 Å². The van der Waals surface area contributed by atoms with E-state index in [9.17, 15) is 0 Å². The van der Waals surface area contributed by atoms with Gasteiger partial charge in [-0.05, 0) is 6.20 Å². The highest BCUT2D eigenvalue weighted by Gasteiger charge is 2.12. The lowest BCUT2D eigenvalue weighted by Crippen LogP contribution is -2.48. The minimum atomic E-state index is 0.875. The van der Waals surface area contributed by atoms with Crippen LogP contribution in [0.2, 0.25) is 0 Å². The van der Waals surface area contributed by atoms with Gasteiger partial charge in [0.2, 0.25) is 0 Å². The van der Waals surface area contributed by atoms with Gasteiger partial charge in [0.05, 0.1) is 0 Å². The molecule has 0 unspecified atom stereocenters. The summed E-state index contributed by atoms with van der Waals surface area (Å²) in [6.07, 6.45) is 3.74. The zero-order valence-corrected chi connectivity index (χ0v) is 6.45. The monoisotopic (exact) mass is 152 g/mol. The number of hydrogen-bond acceptors (Lipinski definition) is 4. The van der Waals surface area contributed by atoms with Crippen LogP contribution in [0, 0.1) is 11.5 Å². The Bertz CT molecular complexity index is 164. The third-order valence-electron chi connectivity index (χ3n) is 1.78. The van der Waals surface area contributed by atoms with E-state index in [1.807, 2.05) is 17.4 Å². The van der Waals surface area contributed by atoms with Crippen LogP contribution in [0.3, 0.4) is 0 Å². The van der Waals surface area contributed by atoms with E-state index in [0.717, 1.165) is 26.2 Å². The van der Waals surface area contributed by atoms with Crippen molar-refractivity contribution in [1.29, 1.82) is 5.26 Å². The molecular weight excluding hydrogens is 140 g/mol. The minimum absolute atomic E-state index is 0.875. The number of nitrogens with one attached hydrogen (secondary N) is 1. The van der Waals surface area contributed by atoms with Crippen LogP contribution in [-0.2, 0) is 0 Å². The molecule has 1 N–H and O–H groups in total. The average Bonchev–Trinajstić information content (AvgIpc) is 2.07. The molecule has 11 heavy (non-hydrogen) atoms. The molecule has 60 valence electrons. The number of hydrazine groups is 1. The second-order valence-electron chi connectivity index (χ2n) is 2.43. The molecule has 0 aromatic heterocycles. The number of nitrogens with zero attached hydrogens (tertiary/aromatic N) is 3. The largest absolute Gasteiger partial charge is 0.375 e. The highest BCUT2D eigenvalue weighted by Crippen LogP contribution is 1.97. The number of hydrogen-bond donors (Lipinski definition) is 1. The van der Waals surface area contributed by atoms with Gasteiger partial charge < -0.3 is 4.90 Å². The first-order valence-electron chi connectivity index (χ1n) is 3.63. The van der Waals surface area contributed by atoms with E-state index in [0.29, 0.717) is 0 Å². The quantitative estimate of drug-likeness (QED) is 0.437. The molecule has 4 heteroatoms.